The second-order valence-electron chi connectivity index (χ2n) is 4.26. The van der Waals surface area contributed by atoms with Crippen LogP contribution in [0.25, 0.3) is 0 Å². The molecule has 108 valence electrons. The van der Waals surface area contributed by atoms with E-state index in [9.17, 15) is 19.5 Å². The van der Waals surface area contributed by atoms with E-state index in [4.69, 9.17) is 5.11 Å². The van der Waals surface area contributed by atoms with Crippen LogP contribution in [0.4, 0.5) is 0 Å². The fourth-order valence-electron chi connectivity index (χ4n) is 1.71. The van der Waals surface area contributed by atoms with E-state index >= 15 is 0 Å². The Kier molecular flexibility index (Phi) is 6.65. The molecule has 2 amide bonds. The topological polar surface area (TPSA) is 107 Å². The molecule has 0 aromatic rings. The van der Waals surface area contributed by atoms with Gasteiger partial charge in [-0.3, -0.25) is 14.4 Å². The molecular formula is C11H18N2O5S. The molecule has 8 heteroatoms. The number of carboxylic acid groups (broad SMARTS) is 1. The number of amides is 2. The number of aliphatic hydroxyl groups is 1. The monoisotopic (exact) mass is 290 g/mol. The molecule has 0 aromatic heterocycles. The Balaban J connectivity index is 2.11. The lowest BCUT2D eigenvalue weighted by molar-refractivity contribution is -0.137. The molecule has 0 aliphatic carbocycles. The number of carbonyl (C=O) groups is 3. The van der Waals surface area contributed by atoms with Gasteiger partial charge in [0.2, 0.25) is 11.8 Å². The molecule has 1 rings (SSSR count). The summed E-state index contributed by atoms with van der Waals surface area (Å²) >= 11 is 1.03. The highest BCUT2D eigenvalue weighted by Crippen LogP contribution is 2.10. The Bertz CT molecular complexity index is 350. The van der Waals surface area contributed by atoms with Crippen LogP contribution < -0.4 is 5.32 Å². The van der Waals surface area contributed by atoms with Crippen molar-refractivity contribution < 1.29 is 24.6 Å². The van der Waals surface area contributed by atoms with Gasteiger partial charge in [0, 0.05) is 19.6 Å². The quantitative estimate of drug-likeness (QED) is 0.550. The first-order chi connectivity index (χ1) is 8.99. The molecule has 1 aliphatic heterocycles. The lowest BCUT2D eigenvalue weighted by Crippen LogP contribution is -2.44. The zero-order valence-electron chi connectivity index (χ0n) is 10.5. The molecule has 1 atom stereocenters. The third-order valence-corrected chi connectivity index (χ3v) is 3.58. The highest BCUT2D eigenvalue weighted by atomic mass is 32.2. The summed E-state index contributed by atoms with van der Waals surface area (Å²) in [5.74, 6) is -1.30. The minimum Gasteiger partial charge on any atom is -0.481 e. The van der Waals surface area contributed by atoms with Crippen LogP contribution in [0.2, 0.25) is 0 Å². The first-order valence-electron chi connectivity index (χ1n) is 6.01. The summed E-state index contributed by atoms with van der Waals surface area (Å²) in [7, 11) is 0. The van der Waals surface area contributed by atoms with E-state index in [-0.39, 0.29) is 29.7 Å². The van der Waals surface area contributed by atoms with Crippen LogP contribution in [0.1, 0.15) is 12.8 Å². The predicted molar refractivity (Wildman–Crippen MR) is 69.8 cm³/mol. The molecule has 0 aromatic carbocycles. The summed E-state index contributed by atoms with van der Waals surface area (Å²) in [6.45, 7) is 1.26. The number of nitrogens with zero attached hydrogens (tertiary/aromatic N) is 1. The minimum atomic E-state index is -0.949. The maximum atomic E-state index is 11.5. The van der Waals surface area contributed by atoms with E-state index < -0.39 is 12.1 Å². The van der Waals surface area contributed by atoms with Crippen LogP contribution in [-0.4, -0.2) is 70.1 Å². The van der Waals surface area contributed by atoms with Crippen molar-refractivity contribution in [3.63, 3.8) is 0 Å². The Hall–Kier alpha value is -1.28. The van der Waals surface area contributed by atoms with Crippen molar-refractivity contribution in [2.75, 3.05) is 31.1 Å². The van der Waals surface area contributed by atoms with Crippen molar-refractivity contribution in [2.45, 2.75) is 18.9 Å². The summed E-state index contributed by atoms with van der Waals surface area (Å²) in [5.41, 5.74) is 0. The summed E-state index contributed by atoms with van der Waals surface area (Å²) in [5, 5.41) is 20.3. The third-order valence-electron chi connectivity index (χ3n) is 2.66. The van der Waals surface area contributed by atoms with Crippen molar-refractivity contribution in [1.29, 1.82) is 0 Å². The fraction of sp³-hybridized carbons (Fsp3) is 0.727. The van der Waals surface area contributed by atoms with Gasteiger partial charge in [0.15, 0.2) is 0 Å². The Morgan fingerprint density at radius 2 is 2.16 bits per heavy atom. The number of nitrogens with one attached hydrogen (secondary N) is 1. The minimum absolute atomic E-state index is 0.0962. The Morgan fingerprint density at radius 3 is 2.79 bits per heavy atom. The predicted octanol–water partition coefficient (Wildman–Crippen LogP) is -1.10. The maximum absolute atomic E-state index is 11.5. The number of aliphatic carboxylic acids is 1. The average Bonchev–Trinajstić information content (AvgIpc) is 2.31. The van der Waals surface area contributed by atoms with Gasteiger partial charge in [-0.25, -0.2) is 0 Å². The molecule has 0 spiro atoms. The van der Waals surface area contributed by atoms with Crippen molar-refractivity contribution in [3.05, 3.63) is 0 Å². The van der Waals surface area contributed by atoms with Gasteiger partial charge in [-0.05, 0) is 6.42 Å². The molecule has 19 heavy (non-hydrogen) atoms. The van der Waals surface area contributed by atoms with Gasteiger partial charge in [-0.15, -0.1) is 11.8 Å². The molecule has 7 nitrogen and oxygen atoms in total. The van der Waals surface area contributed by atoms with Crippen LogP contribution in [0.3, 0.4) is 0 Å². The fourth-order valence-corrected chi connectivity index (χ4v) is 2.28. The number of aliphatic hydroxyl groups excluding tert-OH is 1. The van der Waals surface area contributed by atoms with E-state index in [1.165, 1.54) is 0 Å². The SMILES string of the molecule is O=C(O)CSCC(=O)NCCN1CC[C@@H](O)CC1=O. The molecule has 1 saturated heterocycles. The summed E-state index contributed by atoms with van der Waals surface area (Å²) < 4.78 is 0. The van der Waals surface area contributed by atoms with E-state index in [1.807, 2.05) is 0 Å². The number of hydrogen-bond acceptors (Lipinski definition) is 5. The molecule has 0 radical (unpaired) electrons. The average molecular weight is 290 g/mol. The van der Waals surface area contributed by atoms with E-state index in [1.54, 1.807) is 4.90 Å². The van der Waals surface area contributed by atoms with Gasteiger partial charge < -0.3 is 20.4 Å². The number of rotatable bonds is 7. The van der Waals surface area contributed by atoms with Gasteiger partial charge in [-0.2, -0.15) is 0 Å². The largest absolute Gasteiger partial charge is 0.481 e. The standard InChI is InChI=1S/C11H18N2O5S/c14-8-1-3-13(10(16)5-8)4-2-12-9(15)6-19-7-11(17)18/h8,14H,1-7H2,(H,12,15)(H,17,18)/t8-/m1/s1. The van der Waals surface area contributed by atoms with Crippen LogP contribution in [0.15, 0.2) is 0 Å². The highest BCUT2D eigenvalue weighted by molar-refractivity contribution is 8.00. The van der Waals surface area contributed by atoms with Gasteiger partial charge >= 0.3 is 5.97 Å². The van der Waals surface area contributed by atoms with Crippen molar-refractivity contribution in [3.8, 4) is 0 Å². The first kappa shape index (κ1) is 15.8. The number of likely N-dealkylation sites (tertiary alicyclic amines) is 1. The molecule has 1 aliphatic rings. The molecular weight excluding hydrogens is 272 g/mol. The zero-order chi connectivity index (χ0) is 14.3. The smallest absolute Gasteiger partial charge is 0.313 e. The summed E-state index contributed by atoms with van der Waals surface area (Å²) in [6.07, 6.45) is 0.155. The number of thioether (sulfide) groups is 1. The molecule has 1 fully saturated rings. The normalized spacial score (nSPS) is 19.3. The second kappa shape index (κ2) is 8.00. The van der Waals surface area contributed by atoms with Crippen LogP contribution in [0.5, 0.6) is 0 Å². The molecule has 0 bridgehead atoms. The van der Waals surface area contributed by atoms with Gasteiger partial charge in [0.1, 0.15) is 0 Å². The number of carbonyl (C=O) groups excluding carboxylic acids is 2. The van der Waals surface area contributed by atoms with Crippen LogP contribution in [-0.2, 0) is 14.4 Å². The Morgan fingerprint density at radius 1 is 1.42 bits per heavy atom. The van der Waals surface area contributed by atoms with Gasteiger partial charge in [-0.1, -0.05) is 0 Å². The van der Waals surface area contributed by atoms with Gasteiger partial charge in [0.05, 0.1) is 24.0 Å². The number of carboxylic acids is 1. The summed E-state index contributed by atoms with van der Waals surface area (Å²) in [4.78, 5) is 34.7. The van der Waals surface area contributed by atoms with Crippen LogP contribution in [0, 0.1) is 0 Å². The summed E-state index contributed by atoms with van der Waals surface area (Å²) in [6, 6.07) is 0. The van der Waals surface area contributed by atoms with E-state index in [2.05, 4.69) is 5.32 Å². The number of piperidine rings is 1. The molecule has 3 N–H and O–H groups in total. The lowest BCUT2D eigenvalue weighted by Gasteiger charge is -2.29. The second-order valence-corrected chi connectivity index (χ2v) is 5.25. The molecule has 0 unspecified atom stereocenters. The maximum Gasteiger partial charge on any atom is 0.313 e. The van der Waals surface area contributed by atoms with Gasteiger partial charge in [0.25, 0.3) is 0 Å². The highest BCUT2D eigenvalue weighted by Gasteiger charge is 2.23. The van der Waals surface area contributed by atoms with Crippen LogP contribution >= 0.6 is 11.8 Å². The van der Waals surface area contributed by atoms with E-state index in [0.717, 1.165) is 11.8 Å². The zero-order valence-corrected chi connectivity index (χ0v) is 11.3. The third kappa shape index (κ3) is 6.44. The Labute approximate surface area is 115 Å². The van der Waals surface area contributed by atoms with Crippen molar-refractivity contribution in [2.24, 2.45) is 0 Å². The molecule has 1 heterocycles. The van der Waals surface area contributed by atoms with E-state index in [0.29, 0.717) is 26.1 Å². The van der Waals surface area contributed by atoms with Crippen molar-refractivity contribution in [1.82, 2.24) is 10.2 Å². The number of hydrogen-bond donors (Lipinski definition) is 3. The lowest BCUT2D eigenvalue weighted by atomic mass is 10.1. The first-order valence-corrected chi connectivity index (χ1v) is 7.16. The van der Waals surface area contributed by atoms with Crippen molar-refractivity contribution >= 4 is 29.5 Å². The molecule has 0 saturated carbocycles.